The highest BCUT2D eigenvalue weighted by atomic mass is 14.1. The van der Waals surface area contributed by atoms with Gasteiger partial charge in [-0.3, -0.25) is 0 Å². The average molecular weight is 377 g/mol. The lowest BCUT2D eigenvalue weighted by molar-refractivity contribution is 0.415. The predicted octanol–water partition coefficient (Wildman–Crippen LogP) is 9.89. The Bertz CT molecular complexity index is 290. The van der Waals surface area contributed by atoms with E-state index in [1.165, 1.54) is 109 Å². The summed E-state index contributed by atoms with van der Waals surface area (Å²) >= 11 is 0. The lowest BCUT2D eigenvalue weighted by Gasteiger charge is -2.12. The van der Waals surface area contributed by atoms with Crippen LogP contribution in [0.2, 0.25) is 0 Å². The molecule has 0 saturated carbocycles. The van der Waals surface area contributed by atoms with Crippen molar-refractivity contribution in [3.05, 3.63) is 26.0 Å². The van der Waals surface area contributed by atoms with Crippen LogP contribution in [-0.2, 0) is 0 Å². The molecule has 0 aliphatic rings. The van der Waals surface area contributed by atoms with E-state index in [0.29, 0.717) is 0 Å². The van der Waals surface area contributed by atoms with E-state index < -0.39 is 0 Å². The molecule has 0 spiro atoms. The minimum Gasteiger partial charge on any atom is -0.0885 e. The maximum absolute atomic E-state index is 3.94. The van der Waals surface area contributed by atoms with E-state index in [4.69, 9.17) is 0 Å². The third-order valence-corrected chi connectivity index (χ3v) is 5.99. The molecule has 0 aromatic heterocycles. The SMILES string of the molecule is [CH2]C/C=C/CCCCCCCCC(C)CCCCCCC(C)CCCC[CH2]. The molecule has 0 nitrogen and oxygen atoms in total. The Morgan fingerprint density at radius 1 is 0.519 bits per heavy atom. The van der Waals surface area contributed by atoms with E-state index >= 15 is 0 Å². The quantitative estimate of drug-likeness (QED) is 0.138. The van der Waals surface area contributed by atoms with Crippen LogP contribution in [0.3, 0.4) is 0 Å². The van der Waals surface area contributed by atoms with Crippen molar-refractivity contribution in [3.63, 3.8) is 0 Å². The summed E-state index contributed by atoms with van der Waals surface area (Å²) in [5, 5.41) is 0. The average Bonchev–Trinajstić information content (AvgIpc) is 2.66. The Morgan fingerprint density at radius 3 is 1.37 bits per heavy atom. The Morgan fingerprint density at radius 2 is 0.926 bits per heavy atom. The van der Waals surface area contributed by atoms with E-state index in [1.54, 1.807) is 0 Å². The van der Waals surface area contributed by atoms with Crippen LogP contribution in [0.5, 0.6) is 0 Å². The molecular weight excluding hydrogens is 324 g/mol. The van der Waals surface area contributed by atoms with Crippen LogP contribution < -0.4 is 0 Å². The minimum absolute atomic E-state index is 0.931. The van der Waals surface area contributed by atoms with Gasteiger partial charge >= 0.3 is 0 Å². The molecule has 0 amide bonds. The van der Waals surface area contributed by atoms with Gasteiger partial charge in [-0.05, 0) is 38.0 Å². The molecule has 0 aromatic carbocycles. The molecule has 0 aromatic rings. The van der Waals surface area contributed by atoms with Crippen LogP contribution in [0.1, 0.15) is 136 Å². The summed E-state index contributed by atoms with van der Waals surface area (Å²) in [6, 6.07) is 0. The Balaban J connectivity index is 3.26. The Labute approximate surface area is 174 Å². The molecule has 0 aliphatic carbocycles. The van der Waals surface area contributed by atoms with Gasteiger partial charge in [0.25, 0.3) is 0 Å². The normalized spacial score (nSPS) is 14.1. The topological polar surface area (TPSA) is 0 Å². The van der Waals surface area contributed by atoms with Gasteiger partial charge in [-0.25, -0.2) is 0 Å². The van der Waals surface area contributed by atoms with Crippen molar-refractivity contribution in [1.82, 2.24) is 0 Å². The molecule has 0 aliphatic heterocycles. The van der Waals surface area contributed by atoms with Crippen molar-refractivity contribution in [3.8, 4) is 0 Å². The highest BCUT2D eigenvalue weighted by Gasteiger charge is 2.04. The molecule has 0 N–H and O–H groups in total. The summed E-state index contributed by atoms with van der Waals surface area (Å²) < 4.78 is 0. The Kier molecular flexibility index (Phi) is 21.8. The highest BCUT2D eigenvalue weighted by molar-refractivity contribution is 4.81. The summed E-state index contributed by atoms with van der Waals surface area (Å²) in [5.74, 6) is 1.87. The van der Waals surface area contributed by atoms with E-state index in [-0.39, 0.29) is 0 Å². The monoisotopic (exact) mass is 376 g/mol. The van der Waals surface area contributed by atoms with Gasteiger partial charge in [0.1, 0.15) is 0 Å². The lowest BCUT2D eigenvalue weighted by atomic mass is 9.94. The van der Waals surface area contributed by atoms with E-state index in [1.807, 2.05) is 0 Å². The molecule has 27 heavy (non-hydrogen) atoms. The number of allylic oxidation sites excluding steroid dienone is 2. The number of hydrogen-bond donors (Lipinski definition) is 0. The lowest BCUT2D eigenvalue weighted by Crippen LogP contribution is -1.96. The van der Waals surface area contributed by atoms with Crippen molar-refractivity contribution in [2.24, 2.45) is 11.8 Å². The van der Waals surface area contributed by atoms with Crippen LogP contribution in [0, 0.1) is 25.7 Å². The fraction of sp³-hybridized carbons (Fsp3) is 0.852. The molecule has 0 rings (SSSR count). The van der Waals surface area contributed by atoms with Crippen LogP contribution in [0.15, 0.2) is 12.2 Å². The first-order valence-corrected chi connectivity index (χ1v) is 12.4. The zero-order chi connectivity index (χ0) is 20.0. The maximum atomic E-state index is 3.94. The largest absolute Gasteiger partial charge is 0.0885 e. The number of rotatable bonds is 21. The van der Waals surface area contributed by atoms with Crippen LogP contribution in [0.25, 0.3) is 0 Å². The summed E-state index contributed by atoms with van der Waals surface area (Å²) in [4.78, 5) is 0. The zero-order valence-corrected chi connectivity index (χ0v) is 19.2. The van der Waals surface area contributed by atoms with E-state index in [0.717, 1.165) is 24.7 Å². The van der Waals surface area contributed by atoms with Crippen molar-refractivity contribution in [2.45, 2.75) is 136 Å². The van der Waals surface area contributed by atoms with Gasteiger partial charge < -0.3 is 0 Å². The first kappa shape index (κ1) is 26.7. The van der Waals surface area contributed by atoms with Crippen molar-refractivity contribution in [1.29, 1.82) is 0 Å². The zero-order valence-electron chi connectivity index (χ0n) is 19.2. The van der Waals surface area contributed by atoms with Gasteiger partial charge in [0.05, 0.1) is 0 Å². The molecule has 0 fully saturated rings. The summed E-state index contributed by atoms with van der Waals surface area (Å²) in [6.07, 6.45) is 30.6. The van der Waals surface area contributed by atoms with Crippen LogP contribution in [0.4, 0.5) is 0 Å². The minimum atomic E-state index is 0.931. The molecule has 2 unspecified atom stereocenters. The van der Waals surface area contributed by atoms with E-state index in [2.05, 4.69) is 39.8 Å². The molecule has 0 bridgehead atoms. The second kappa shape index (κ2) is 22.0. The fourth-order valence-corrected chi connectivity index (χ4v) is 4.00. The molecule has 0 heteroatoms. The van der Waals surface area contributed by atoms with Crippen LogP contribution in [-0.4, -0.2) is 0 Å². The second-order valence-electron chi connectivity index (χ2n) is 9.01. The first-order chi connectivity index (χ1) is 13.2. The third kappa shape index (κ3) is 21.9. The van der Waals surface area contributed by atoms with Crippen molar-refractivity contribution >= 4 is 0 Å². The second-order valence-corrected chi connectivity index (χ2v) is 9.01. The number of unbranched alkanes of at least 4 members (excludes halogenated alkanes) is 11. The standard InChI is InChI=1S/C27H52/c1-5-7-9-10-11-12-13-14-15-19-23-27(4)25-21-17-16-20-24-26(3)22-18-8-6-2/h7,9,26-27H,1-2,5-6,8,10-25H2,3-4H3/b9-7+. The summed E-state index contributed by atoms with van der Waals surface area (Å²) in [6.45, 7) is 12.7. The molecule has 2 radical (unpaired) electrons. The first-order valence-electron chi connectivity index (χ1n) is 12.4. The fourth-order valence-electron chi connectivity index (χ4n) is 4.00. The van der Waals surface area contributed by atoms with Gasteiger partial charge in [0.15, 0.2) is 0 Å². The molecular formula is C27H52. The van der Waals surface area contributed by atoms with Gasteiger partial charge in [0.2, 0.25) is 0 Å². The smallest absolute Gasteiger partial charge is 0.0351 e. The highest BCUT2D eigenvalue weighted by Crippen LogP contribution is 2.20. The molecule has 160 valence electrons. The summed E-state index contributed by atoms with van der Waals surface area (Å²) in [7, 11) is 0. The molecule has 2 atom stereocenters. The molecule has 0 heterocycles. The maximum Gasteiger partial charge on any atom is -0.0351 e. The van der Waals surface area contributed by atoms with Gasteiger partial charge in [-0.1, -0.05) is 136 Å². The van der Waals surface area contributed by atoms with E-state index in [9.17, 15) is 0 Å². The van der Waals surface area contributed by atoms with Crippen molar-refractivity contribution < 1.29 is 0 Å². The van der Waals surface area contributed by atoms with Crippen LogP contribution >= 0.6 is 0 Å². The summed E-state index contributed by atoms with van der Waals surface area (Å²) in [5.41, 5.74) is 0. The predicted molar refractivity (Wildman–Crippen MR) is 126 cm³/mol. The third-order valence-electron chi connectivity index (χ3n) is 5.99. The van der Waals surface area contributed by atoms with Gasteiger partial charge in [-0.15, -0.1) is 0 Å². The number of hydrogen-bond acceptors (Lipinski definition) is 0. The van der Waals surface area contributed by atoms with Gasteiger partial charge in [-0.2, -0.15) is 0 Å². The van der Waals surface area contributed by atoms with Gasteiger partial charge in [0, 0.05) is 0 Å². The Hall–Kier alpha value is -0.260. The molecule has 0 saturated heterocycles. The van der Waals surface area contributed by atoms with Crippen molar-refractivity contribution in [2.75, 3.05) is 0 Å².